The van der Waals surface area contributed by atoms with Crippen LogP contribution >= 0.6 is 0 Å². The van der Waals surface area contributed by atoms with E-state index in [2.05, 4.69) is 29.8 Å². The van der Waals surface area contributed by atoms with Crippen LogP contribution in [0.2, 0.25) is 0 Å². The van der Waals surface area contributed by atoms with Crippen molar-refractivity contribution < 1.29 is 14.3 Å². The van der Waals surface area contributed by atoms with E-state index in [9.17, 15) is 9.59 Å². The van der Waals surface area contributed by atoms with E-state index in [0.29, 0.717) is 23.8 Å². The maximum atomic E-state index is 12.6. The molecule has 2 amide bonds. The minimum absolute atomic E-state index is 0.105. The molecule has 3 N–H and O–H groups in total. The van der Waals surface area contributed by atoms with E-state index in [0.717, 1.165) is 17.0 Å². The number of hydrogen-bond acceptors (Lipinski definition) is 4. The van der Waals surface area contributed by atoms with E-state index in [4.69, 9.17) is 4.74 Å². The molecule has 3 rings (SSSR count). The molecule has 0 bridgehead atoms. The molecule has 3 aromatic rings. The molecular formula is C27H31N3O3. The van der Waals surface area contributed by atoms with Gasteiger partial charge in [0.2, 0.25) is 5.91 Å². The lowest BCUT2D eigenvalue weighted by molar-refractivity contribution is -0.114. The summed E-state index contributed by atoms with van der Waals surface area (Å²) in [7, 11) is 0. The Labute approximate surface area is 195 Å². The quantitative estimate of drug-likeness (QED) is 0.398. The normalized spacial score (nSPS) is 11.5. The SMILES string of the molecule is CC(C)COc1ccc(NCC(=O)Nc2cccc(C(=O)NC(C)c3ccccc3)c2)cc1. The van der Waals surface area contributed by atoms with Gasteiger partial charge in [0, 0.05) is 16.9 Å². The Kier molecular flexibility index (Phi) is 8.47. The highest BCUT2D eigenvalue weighted by molar-refractivity contribution is 5.98. The number of carbonyl (C=O) groups is 2. The highest BCUT2D eigenvalue weighted by atomic mass is 16.5. The molecule has 1 atom stereocenters. The summed E-state index contributed by atoms with van der Waals surface area (Å²) in [6.07, 6.45) is 0. The van der Waals surface area contributed by atoms with Gasteiger partial charge in [0.15, 0.2) is 0 Å². The number of benzene rings is 3. The lowest BCUT2D eigenvalue weighted by atomic mass is 10.1. The second-order valence-corrected chi connectivity index (χ2v) is 8.32. The van der Waals surface area contributed by atoms with Crippen molar-refractivity contribution in [1.29, 1.82) is 0 Å². The maximum Gasteiger partial charge on any atom is 0.251 e. The largest absolute Gasteiger partial charge is 0.493 e. The van der Waals surface area contributed by atoms with Gasteiger partial charge in [-0.2, -0.15) is 0 Å². The van der Waals surface area contributed by atoms with Crippen LogP contribution < -0.4 is 20.7 Å². The molecule has 0 aliphatic carbocycles. The molecule has 0 aliphatic heterocycles. The summed E-state index contributed by atoms with van der Waals surface area (Å²) in [6.45, 7) is 6.91. The van der Waals surface area contributed by atoms with Crippen LogP contribution in [0.1, 0.15) is 42.7 Å². The fraction of sp³-hybridized carbons (Fsp3) is 0.259. The monoisotopic (exact) mass is 445 g/mol. The Balaban J connectivity index is 1.50. The van der Waals surface area contributed by atoms with Crippen molar-refractivity contribution in [3.63, 3.8) is 0 Å². The minimum atomic E-state index is -0.203. The van der Waals surface area contributed by atoms with Crippen LogP contribution in [0.15, 0.2) is 78.9 Å². The van der Waals surface area contributed by atoms with Crippen molar-refractivity contribution in [2.45, 2.75) is 26.8 Å². The zero-order chi connectivity index (χ0) is 23.6. The molecule has 3 aromatic carbocycles. The van der Waals surface area contributed by atoms with Gasteiger partial charge in [0.05, 0.1) is 19.2 Å². The van der Waals surface area contributed by atoms with Crippen LogP contribution in [0, 0.1) is 5.92 Å². The maximum absolute atomic E-state index is 12.6. The van der Waals surface area contributed by atoms with Gasteiger partial charge in [-0.25, -0.2) is 0 Å². The van der Waals surface area contributed by atoms with E-state index in [1.165, 1.54) is 0 Å². The molecule has 1 unspecified atom stereocenters. The van der Waals surface area contributed by atoms with E-state index in [-0.39, 0.29) is 24.4 Å². The van der Waals surface area contributed by atoms with Crippen molar-refractivity contribution in [2.24, 2.45) is 5.92 Å². The van der Waals surface area contributed by atoms with Gasteiger partial charge in [-0.1, -0.05) is 50.2 Å². The summed E-state index contributed by atoms with van der Waals surface area (Å²) >= 11 is 0. The average molecular weight is 446 g/mol. The van der Waals surface area contributed by atoms with Crippen molar-refractivity contribution in [3.8, 4) is 5.75 Å². The average Bonchev–Trinajstić information content (AvgIpc) is 2.82. The highest BCUT2D eigenvalue weighted by Gasteiger charge is 2.12. The molecular weight excluding hydrogens is 414 g/mol. The Morgan fingerprint density at radius 2 is 1.58 bits per heavy atom. The zero-order valence-electron chi connectivity index (χ0n) is 19.3. The summed E-state index contributed by atoms with van der Waals surface area (Å²) in [5.74, 6) is 0.865. The Hall–Kier alpha value is -3.80. The van der Waals surface area contributed by atoms with Crippen LogP contribution in [0.5, 0.6) is 5.75 Å². The van der Waals surface area contributed by atoms with Gasteiger partial charge in [-0.3, -0.25) is 9.59 Å². The molecule has 0 radical (unpaired) electrons. The van der Waals surface area contributed by atoms with Gasteiger partial charge in [-0.15, -0.1) is 0 Å². The zero-order valence-corrected chi connectivity index (χ0v) is 19.3. The Morgan fingerprint density at radius 1 is 0.848 bits per heavy atom. The smallest absolute Gasteiger partial charge is 0.251 e. The first-order chi connectivity index (χ1) is 15.9. The van der Waals surface area contributed by atoms with Crippen LogP contribution in [0.3, 0.4) is 0 Å². The van der Waals surface area contributed by atoms with E-state index < -0.39 is 0 Å². The van der Waals surface area contributed by atoms with Crippen LogP contribution in [-0.4, -0.2) is 25.0 Å². The first-order valence-electron chi connectivity index (χ1n) is 11.1. The Morgan fingerprint density at radius 3 is 2.27 bits per heavy atom. The number of hydrogen-bond donors (Lipinski definition) is 3. The number of amides is 2. The summed E-state index contributed by atoms with van der Waals surface area (Å²) in [5, 5.41) is 8.91. The van der Waals surface area contributed by atoms with Crippen LogP contribution in [-0.2, 0) is 4.79 Å². The molecule has 33 heavy (non-hydrogen) atoms. The summed E-state index contributed by atoms with van der Waals surface area (Å²) in [4.78, 5) is 25.0. The third kappa shape index (κ3) is 7.68. The number of rotatable bonds is 10. The van der Waals surface area contributed by atoms with Gasteiger partial charge < -0.3 is 20.7 Å². The summed E-state index contributed by atoms with van der Waals surface area (Å²) in [6, 6.07) is 24.1. The van der Waals surface area contributed by atoms with E-state index in [1.54, 1.807) is 24.3 Å². The molecule has 0 aromatic heterocycles. The Bertz CT molecular complexity index is 1050. The van der Waals surface area contributed by atoms with Crippen molar-refractivity contribution in [2.75, 3.05) is 23.8 Å². The molecule has 0 saturated carbocycles. The van der Waals surface area contributed by atoms with E-state index in [1.807, 2.05) is 61.5 Å². The van der Waals surface area contributed by atoms with Crippen LogP contribution in [0.25, 0.3) is 0 Å². The first kappa shape index (κ1) is 23.9. The minimum Gasteiger partial charge on any atom is -0.493 e. The van der Waals surface area contributed by atoms with Crippen LogP contribution in [0.4, 0.5) is 11.4 Å². The standard InChI is InChI=1S/C27H31N3O3/c1-19(2)18-33-25-14-12-23(13-15-25)28-17-26(31)30-24-11-7-10-22(16-24)27(32)29-20(3)21-8-5-4-6-9-21/h4-16,19-20,28H,17-18H2,1-3H3,(H,29,32)(H,30,31). The summed E-state index contributed by atoms with van der Waals surface area (Å²) < 4.78 is 5.67. The topological polar surface area (TPSA) is 79.5 Å². The van der Waals surface area contributed by atoms with Gasteiger partial charge in [0.1, 0.15) is 5.75 Å². The molecule has 172 valence electrons. The number of carbonyl (C=O) groups excluding carboxylic acids is 2. The lowest BCUT2D eigenvalue weighted by Gasteiger charge is -2.15. The predicted octanol–water partition coefficient (Wildman–Crippen LogP) is 5.26. The third-order valence-electron chi connectivity index (χ3n) is 4.95. The van der Waals surface area contributed by atoms with E-state index >= 15 is 0 Å². The number of anilines is 2. The number of ether oxygens (including phenoxy) is 1. The molecule has 0 aliphatic rings. The fourth-order valence-corrected chi connectivity index (χ4v) is 3.16. The molecule has 0 fully saturated rings. The summed E-state index contributed by atoms with van der Waals surface area (Å²) in [5.41, 5.74) is 2.91. The highest BCUT2D eigenvalue weighted by Crippen LogP contribution is 2.17. The predicted molar refractivity (Wildman–Crippen MR) is 133 cm³/mol. The van der Waals surface area contributed by atoms with Crippen molar-refractivity contribution in [3.05, 3.63) is 90.0 Å². The van der Waals surface area contributed by atoms with Gasteiger partial charge in [0.25, 0.3) is 5.91 Å². The van der Waals surface area contributed by atoms with Gasteiger partial charge >= 0.3 is 0 Å². The molecule has 6 heteroatoms. The second-order valence-electron chi connectivity index (χ2n) is 8.32. The molecule has 0 heterocycles. The molecule has 6 nitrogen and oxygen atoms in total. The van der Waals surface area contributed by atoms with Gasteiger partial charge in [-0.05, 0) is 60.9 Å². The molecule has 0 spiro atoms. The lowest BCUT2D eigenvalue weighted by Crippen LogP contribution is -2.27. The second kappa shape index (κ2) is 11.7. The first-order valence-corrected chi connectivity index (χ1v) is 11.1. The fourth-order valence-electron chi connectivity index (χ4n) is 3.16. The van der Waals surface area contributed by atoms with Crippen molar-refractivity contribution in [1.82, 2.24) is 5.32 Å². The molecule has 0 saturated heterocycles. The third-order valence-corrected chi connectivity index (χ3v) is 4.95. The van der Waals surface area contributed by atoms with Crippen molar-refractivity contribution >= 4 is 23.2 Å². The number of nitrogens with one attached hydrogen (secondary N) is 3.